The predicted octanol–water partition coefficient (Wildman–Crippen LogP) is 4.38. The van der Waals surface area contributed by atoms with Gasteiger partial charge in [0, 0.05) is 18.0 Å². The van der Waals surface area contributed by atoms with Crippen molar-refractivity contribution in [2.75, 3.05) is 5.32 Å². The fraction of sp³-hybridized carbons (Fsp3) is 0. The van der Waals surface area contributed by atoms with Crippen LogP contribution >= 0.6 is 0 Å². The van der Waals surface area contributed by atoms with Crippen molar-refractivity contribution in [2.24, 2.45) is 0 Å². The van der Waals surface area contributed by atoms with E-state index in [1.807, 2.05) is 66.9 Å². The maximum atomic E-state index is 11.5. The number of benzene rings is 2. The summed E-state index contributed by atoms with van der Waals surface area (Å²) >= 11 is 0. The zero-order chi connectivity index (χ0) is 18.6. The molecule has 2 heterocycles. The van der Waals surface area contributed by atoms with Crippen LogP contribution in [-0.2, 0) is 0 Å². The van der Waals surface area contributed by atoms with Crippen molar-refractivity contribution >= 4 is 17.5 Å². The molecule has 0 atom stereocenters. The second kappa shape index (κ2) is 7.13. The normalized spacial score (nSPS) is 10.5. The summed E-state index contributed by atoms with van der Waals surface area (Å²) in [4.78, 5) is 15.5. The van der Waals surface area contributed by atoms with Gasteiger partial charge >= 0.3 is 5.97 Å². The number of carbonyl (C=O) groups is 1. The summed E-state index contributed by atoms with van der Waals surface area (Å²) in [6, 6.07) is 21.0. The summed E-state index contributed by atoms with van der Waals surface area (Å²) in [5.41, 5.74) is 3.27. The van der Waals surface area contributed by atoms with Gasteiger partial charge in [-0.15, -0.1) is 5.10 Å². The van der Waals surface area contributed by atoms with Gasteiger partial charge in [-0.05, 0) is 23.8 Å². The van der Waals surface area contributed by atoms with E-state index in [-0.39, 0.29) is 5.56 Å². The first-order valence-corrected chi connectivity index (χ1v) is 8.37. The van der Waals surface area contributed by atoms with E-state index in [1.54, 1.807) is 4.68 Å². The number of aromatic nitrogens is 3. The Morgan fingerprint density at radius 2 is 1.67 bits per heavy atom. The Morgan fingerprint density at radius 3 is 2.37 bits per heavy atom. The van der Waals surface area contributed by atoms with Crippen molar-refractivity contribution in [1.29, 1.82) is 0 Å². The summed E-state index contributed by atoms with van der Waals surface area (Å²) in [5, 5.41) is 17.2. The zero-order valence-electron chi connectivity index (χ0n) is 14.3. The lowest BCUT2D eigenvalue weighted by molar-refractivity contribution is 0.0698. The maximum absolute atomic E-state index is 11.5. The summed E-state index contributed by atoms with van der Waals surface area (Å²) < 4.78 is 1.77. The Labute approximate surface area is 155 Å². The van der Waals surface area contributed by atoms with Gasteiger partial charge < -0.3 is 10.4 Å². The summed E-state index contributed by atoms with van der Waals surface area (Å²) in [7, 11) is 0. The van der Waals surface area contributed by atoms with Crippen LogP contribution in [0.2, 0.25) is 0 Å². The van der Waals surface area contributed by atoms with E-state index in [2.05, 4.69) is 15.4 Å². The highest BCUT2D eigenvalue weighted by atomic mass is 16.4. The first-order valence-electron chi connectivity index (χ1n) is 8.37. The van der Waals surface area contributed by atoms with E-state index in [0.717, 1.165) is 16.8 Å². The Bertz CT molecular complexity index is 1080. The molecule has 0 aliphatic rings. The standard InChI is InChI=1S/C21H16N4O2/c26-21(27)17-11-12-22-13-19(17)23-20-18(15-7-3-1-4-8-15)14-25(24-20)16-9-5-2-6-10-16/h1-14H,(H,23,24)(H,26,27). The molecule has 0 radical (unpaired) electrons. The van der Waals surface area contributed by atoms with Gasteiger partial charge in [-0.2, -0.15) is 0 Å². The average molecular weight is 356 g/mol. The van der Waals surface area contributed by atoms with Crippen molar-refractivity contribution in [1.82, 2.24) is 14.8 Å². The molecule has 0 fully saturated rings. The smallest absolute Gasteiger partial charge is 0.337 e. The molecule has 0 aliphatic heterocycles. The van der Waals surface area contributed by atoms with E-state index < -0.39 is 5.97 Å². The van der Waals surface area contributed by atoms with Crippen LogP contribution < -0.4 is 5.32 Å². The van der Waals surface area contributed by atoms with Gasteiger partial charge in [-0.25, -0.2) is 9.48 Å². The summed E-state index contributed by atoms with van der Waals surface area (Å²) in [6.07, 6.45) is 4.86. The minimum absolute atomic E-state index is 0.137. The molecule has 0 spiro atoms. The molecule has 6 nitrogen and oxygen atoms in total. The van der Waals surface area contributed by atoms with Crippen LogP contribution in [0, 0.1) is 0 Å². The van der Waals surface area contributed by atoms with Crippen molar-refractivity contribution in [2.45, 2.75) is 0 Å². The van der Waals surface area contributed by atoms with Crippen LogP contribution in [0.5, 0.6) is 0 Å². The van der Waals surface area contributed by atoms with Gasteiger partial charge in [0.25, 0.3) is 0 Å². The van der Waals surface area contributed by atoms with Crippen molar-refractivity contribution in [3.8, 4) is 16.8 Å². The van der Waals surface area contributed by atoms with Crippen molar-refractivity contribution in [3.63, 3.8) is 0 Å². The SMILES string of the molecule is O=C(O)c1ccncc1Nc1nn(-c2ccccc2)cc1-c1ccccc1. The quantitative estimate of drug-likeness (QED) is 0.555. The lowest BCUT2D eigenvalue weighted by Crippen LogP contribution is -2.04. The van der Waals surface area contributed by atoms with E-state index in [0.29, 0.717) is 11.5 Å². The lowest BCUT2D eigenvalue weighted by atomic mass is 10.1. The Kier molecular flexibility index (Phi) is 4.37. The monoisotopic (exact) mass is 356 g/mol. The van der Waals surface area contributed by atoms with Crippen LogP contribution in [0.1, 0.15) is 10.4 Å². The van der Waals surface area contributed by atoms with E-state index >= 15 is 0 Å². The molecule has 2 N–H and O–H groups in total. The largest absolute Gasteiger partial charge is 0.478 e. The zero-order valence-corrected chi connectivity index (χ0v) is 14.3. The number of hydrogen-bond acceptors (Lipinski definition) is 4. The average Bonchev–Trinajstić information content (AvgIpc) is 3.13. The molecule has 0 saturated heterocycles. The number of pyridine rings is 1. The number of rotatable bonds is 5. The number of hydrogen-bond donors (Lipinski definition) is 2. The molecule has 0 unspecified atom stereocenters. The minimum Gasteiger partial charge on any atom is -0.478 e. The molecule has 4 rings (SSSR count). The topological polar surface area (TPSA) is 80.0 Å². The number of carboxylic acid groups (broad SMARTS) is 1. The predicted molar refractivity (Wildman–Crippen MR) is 103 cm³/mol. The molecular formula is C21H16N4O2. The third kappa shape index (κ3) is 3.41. The molecule has 4 aromatic rings. The highest BCUT2D eigenvalue weighted by molar-refractivity contribution is 5.95. The fourth-order valence-electron chi connectivity index (χ4n) is 2.82. The third-order valence-electron chi connectivity index (χ3n) is 4.12. The molecule has 0 saturated carbocycles. The number of nitrogens with zero attached hydrogens (tertiary/aromatic N) is 3. The third-order valence-corrected chi connectivity index (χ3v) is 4.12. The number of para-hydroxylation sites is 1. The Morgan fingerprint density at radius 1 is 0.963 bits per heavy atom. The van der Waals surface area contributed by atoms with E-state index in [9.17, 15) is 9.90 Å². The van der Waals surface area contributed by atoms with Gasteiger partial charge in [-0.3, -0.25) is 4.98 Å². The highest BCUT2D eigenvalue weighted by Gasteiger charge is 2.16. The molecule has 27 heavy (non-hydrogen) atoms. The molecular weight excluding hydrogens is 340 g/mol. The Balaban J connectivity index is 1.82. The molecule has 0 aliphatic carbocycles. The van der Waals surface area contributed by atoms with Gasteiger partial charge in [0.05, 0.1) is 23.1 Å². The number of carboxylic acids is 1. The minimum atomic E-state index is -1.02. The fourth-order valence-corrected chi connectivity index (χ4v) is 2.82. The number of aromatic carboxylic acids is 1. The Hall–Kier alpha value is -3.93. The number of anilines is 2. The molecule has 2 aromatic heterocycles. The number of nitrogens with one attached hydrogen (secondary N) is 1. The van der Waals surface area contributed by atoms with Crippen LogP contribution in [0.25, 0.3) is 16.8 Å². The van der Waals surface area contributed by atoms with E-state index in [1.165, 1.54) is 18.5 Å². The molecule has 0 bridgehead atoms. The highest BCUT2D eigenvalue weighted by Crippen LogP contribution is 2.31. The van der Waals surface area contributed by atoms with Crippen LogP contribution in [0.3, 0.4) is 0 Å². The summed E-state index contributed by atoms with van der Waals surface area (Å²) in [6.45, 7) is 0. The van der Waals surface area contributed by atoms with Gasteiger partial charge in [0.2, 0.25) is 0 Å². The first kappa shape index (κ1) is 16.5. The lowest BCUT2D eigenvalue weighted by Gasteiger charge is -2.08. The molecule has 6 heteroatoms. The summed E-state index contributed by atoms with van der Waals surface area (Å²) in [5.74, 6) is -0.468. The second-order valence-corrected chi connectivity index (χ2v) is 5.89. The van der Waals surface area contributed by atoms with Crippen molar-refractivity contribution < 1.29 is 9.90 Å². The van der Waals surface area contributed by atoms with Crippen molar-refractivity contribution in [3.05, 3.63) is 90.9 Å². The maximum Gasteiger partial charge on any atom is 0.337 e. The molecule has 0 amide bonds. The second-order valence-electron chi connectivity index (χ2n) is 5.89. The molecule has 2 aromatic carbocycles. The van der Waals surface area contributed by atoms with Crippen LogP contribution in [-0.4, -0.2) is 25.8 Å². The van der Waals surface area contributed by atoms with Crippen LogP contribution in [0.15, 0.2) is 85.3 Å². The first-order chi connectivity index (χ1) is 13.2. The van der Waals surface area contributed by atoms with Crippen LogP contribution in [0.4, 0.5) is 11.5 Å². The molecule has 132 valence electrons. The van der Waals surface area contributed by atoms with E-state index in [4.69, 9.17) is 0 Å². The van der Waals surface area contributed by atoms with Gasteiger partial charge in [0.15, 0.2) is 5.82 Å². The van der Waals surface area contributed by atoms with Gasteiger partial charge in [-0.1, -0.05) is 48.5 Å². The van der Waals surface area contributed by atoms with Gasteiger partial charge in [0.1, 0.15) is 0 Å².